The van der Waals surface area contributed by atoms with Gasteiger partial charge in [-0.1, -0.05) is 32.4 Å². The average molecular weight is 255 g/mol. The molecule has 0 saturated heterocycles. The normalized spacial score (nSPS) is 13.4. The fourth-order valence-corrected chi connectivity index (χ4v) is 2.56. The van der Waals surface area contributed by atoms with E-state index in [1.807, 2.05) is 24.3 Å². The van der Waals surface area contributed by atoms with Crippen LogP contribution in [0.2, 0.25) is 0 Å². The molecule has 1 aromatic carbocycles. The number of benzene rings is 1. The highest BCUT2D eigenvalue weighted by Crippen LogP contribution is 2.25. The molecule has 0 aliphatic carbocycles. The molecule has 0 fully saturated rings. The van der Waals surface area contributed by atoms with E-state index in [-0.39, 0.29) is 0 Å². The second-order valence-corrected chi connectivity index (χ2v) is 6.14. The maximum Gasteiger partial charge on any atom is 0.229 e. The van der Waals surface area contributed by atoms with Crippen molar-refractivity contribution in [1.29, 1.82) is 0 Å². The largest absolute Gasteiger partial charge is 0.284 e. The van der Waals surface area contributed by atoms with E-state index in [0.29, 0.717) is 11.6 Å². The van der Waals surface area contributed by atoms with E-state index in [2.05, 4.69) is 18.6 Å². The third kappa shape index (κ3) is 4.77. The number of hydrogen-bond donors (Lipinski definition) is 1. The zero-order valence-electron chi connectivity index (χ0n) is 10.7. The maximum atomic E-state index is 11.1. The van der Waals surface area contributed by atoms with Crippen molar-refractivity contribution in [3.05, 3.63) is 29.8 Å². The Hall–Kier alpha value is -1.03. The second kappa shape index (κ2) is 6.05. The van der Waals surface area contributed by atoms with Crippen LogP contribution in [0.5, 0.6) is 0 Å². The van der Waals surface area contributed by atoms with Crippen molar-refractivity contribution < 1.29 is 8.42 Å². The first-order valence-corrected chi connectivity index (χ1v) is 7.93. The van der Waals surface area contributed by atoms with Crippen LogP contribution in [-0.4, -0.2) is 14.7 Å². The first-order chi connectivity index (χ1) is 7.96. The molecule has 1 N–H and O–H groups in total. The summed E-state index contributed by atoms with van der Waals surface area (Å²) < 4.78 is 24.6. The van der Waals surface area contributed by atoms with Gasteiger partial charge in [0.2, 0.25) is 10.0 Å². The number of rotatable bonds is 6. The van der Waals surface area contributed by atoms with Gasteiger partial charge in [0.15, 0.2) is 0 Å². The summed E-state index contributed by atoms with van der Waals surface area (Å²) in [6, 6.07) is 7.68. The fourth-order valence-electron chi connectivity index (χ4n) is 1.99. The Kier molecular flexibility index (Phi) is 5.00. The minimum absolute atomic E-state index is 0.576. The van der Waals surface area contributed by atoms with Crippen LogP contribution in [0, 0.1) is 0 Å². The zero-order chi connectivity index (χ0) is 12.9. The summed E-state index contributed by atoms with van der Waals surface area (Å²) in [4.78, 5) is 0. The molecule has 0 radical (unpaired) electrons. The van der Waals surface area contributed by atoms with Crippen molar-refractivity contribution in [2.45, 2.75) is 39.0 Å². The summed E-state index contributed by atoms with van der Waals surface area (Å²) in [5, 5.41) is 0. The summed E-state index contributed by atoms with van der Waals surface area (Å²) in [5.41, 5.74) is 1.91. The van der Waals surface area contributed by atoms with Crippen molar-refractivity contribution in [3.63, 3.8) is 0 Å². The van der Waals surface area contributed by atoms with Gasteiger partial charge in [-0.15, -0.1) is 0 Å². The van der Waals surface area contributed by atoms with Gasteiger partial charge in [0.1, 0.15) is 0 Å². The van der Waals surface area contributed by atoms with E-state index < -0.39 is 10.0 Å². The van der Waals surface area contributed by atoms with Crippen LogP contribution >= 0.6 is 0 Å². The second-order valence-electron chi connectivity index (χ2n) is 4.39. The first kappa shape index (κ1) is 14.0. The van der Waals surface area contributed by atoms with Crippen LogP contribution in [0.4, 0.5) is 5.69 Å². The topological polar surface area (TPSA) is 46.2 Å². The molecule has 96 valence electrons. The Morgan fingerprint density at radius 1 is 1.18 bits per heavy atom. The predicted octanol–water partition coefficient (Wildman–Crippen LogP) is 3.35. The van der Waals surface area contributed by atoms with Crippen molar-refractivity contribution in [2.75, 3.05) is 11.0 Å². The molecule has 1 aromatic rings. The van der Waals surface area contributed by atoms with Gasteiger partial charge in [-0.2, -0.15) is 0 Å². The van der Waals surface area contributed by atoms with Crippen molar-refractivity contribution in [3.8, 4) is 0 Å². The molecule has 17 heavy (non-hydrogen) atoms. The molecule has 1 atom stereocenters. The Labute approximate surface area is 104 Å². The summed E-state index contributed by atoms with van der Waals surface area (Å²) in [7, 11) is -3.18. The molecule has 1 unspecified atom stereocenters. The summed E-state index contributed by atoms with van der Waals surface area (Å²) in [5.74, 6) is 0.576. The van der Waals surface area contributed by atoms with Gasteiger partial charge < -0.3 is 0 Å². The van der Waals surface area contributed by atoms with E-state index in [4.69, 9.17) is 0 Å². The predicted molar refractivity (Wildman–Crippen MR) is 72.8 cm³/mol. The molecule has 0 aliphatic heterocycles. The Morgan fingerprint density at radius 2 is 1.76 bits per heavy atom. The highest BCUT2D eigenvalue weighted by molar-refractivity contribution is 7.92. The van der Waals surface area contributed by atoms with E-state index in [0.717, 1.165) is 12.7 Å². The molecule has 0 heterocycles. The van der Waals surface area contributed by atoms with Crippen LogP contribution in [0.15, 0.2) is 24.3 Å². The monoisotopic (exact) mass is 255 g/mol. The van der Waals surface area contributed by atoms with E-state index in [1.165, 1.54) is 18.4 Å². The van der Waals surface area contributed by atoms with Crippen molar-refractivity contribution in [1.82, 2.24) is 0 Å². The highest BCUT2D eigenvalue weighted by atomic mass is 32.2. The van der Waals surface area contributed by atoms with Gasteiger partial charge >= 0.3 is 0 Å². The maximum absolute atomic E-state index is 11.1. The quantitative estimate of drug-likeness (QED) is 0.847. The fraction of sp³-hybridized carbons (Fsp3) is 0.538. The Balaban J connectivity index is 2.80. The minimum Gasteiger partial charge on any atom is -0.284 e. The summed E-state index contributed by atoms with van der Waals surface area (Å²) in [6.07, 6.45) is 4.62. The molecular formula is C13H21NO2S. The van der Waals surface area contributed by atoms with E-state index in [1.54, 1.807) is 0 Å². The molecule has 1 rings (SSSR count). The van der Waals surface area contributed by atoms with Crippen molar-refractivity contribution >= 4 is 15.7 Å². The lowest BCUT2D eigenvalue weighted by molar-refractivity contribution is 0.596. The Bertz CT molecular complexity index is 437. The third-order valence-electron chi connectivity index (χ3n) is 2.82. The molecule has 0 aliphatic rings. The van der Waals surface area contributed by atoms with Gasteiger partial charge in [-0.05, 0) is 36.5 Å². The van der Waals surface area contributed by atoms with Gasteiger partial charge in [0.25, 0.3) is 0 Å². The SMILES string of the molecule is CCCC(CC)c1ccc(NS(C)(=O)=O)cc1. The standard InChI is InChI=1S/C13H21NO2S/c1-4-6-11(5-2)12-7-9-13(10-8-12)14-17(3,15)16/h7-11,14H,4-6H2,1-3H3. The van der Waals surface area contributed by atoms with Crippen LogP contribution in [0.25, 0.3) is 0 Å². The lowest BCUT2D eigenvalue weighted by Gasteiger charge is -2.14. The van der Waals surface area contributed by atoms with Gasteiger partial charge in [-0.3, -0.25) is 4.72 Å². The molecule has 0 aromatic heterocycles. The number of nitrogens with one attached hydrogen (secondary N) is 1. The lowest BCUT2D eigenvalue weighted by Crippen LogP contribution is -2.09. The molecule has 0 saturated carbocycles. The highest BCUT2D eigenvalue weighted by Gasteiger charge is 2.08. The van der Waals surface area contributed by atoms with Crippen LogP contribution in [0.3, 0.4) is 0 Å². The van der Waals surface area contributed by atoms with Crippen molar-refractivity contribution in [2.24, 2.45) is 0 Å². The number of sulfonamides is 1. The molecule has 0 spiro atoms. The lowest BCUT2D eigenvalue weighted by atomic mass is 9.92. The van der Waals surface area contributed by atoms with E-state index in [9.17, 15) is 8.42 Å². The number of hydrogen-bond acceptors (Lipinski definition) is 2. The molecule has 0 bridgehead atoms. The minimum atomic E-state index is -3.18. The van der Waals surface area contributed by atoms with E-state index >= 15 is 0 Å². The molecule has 4 heteroatoms. The molecular weight excluding hydrogens is 234 g/mol. The van der Waals surface area contributed by atoms with Crippen LogP contribution in [0.1, 0.15) is 44.6 Å². The number of anilines is 1. The average Bonchev–Trinajstić information content (AvgIpc) is 2.25. The Morgan fingerprint density at radius 3 is 2.18 bits per heavy atom. The smallest absolute Gasteiger partial charge is 0.229 e. The third-order valence-corrected chi connectivity index (χ3v) is 3.42. The van der Waals surface area contributed by atoms with Gasteiger partial charge in [-0.25, -0.2) is 8.42 Å². The van der Waals surface area contributed by atoms with Crippen LogP contribution < -0.4 is 4.72 Å². The summed E-state index contributed by atoms with van der Waals surface area (Å²) >= 11 is 0. The van der Waals surface area contributed by atoms with Crippen LogP contribution in [-0.2, 0) is 10.0 Å². The first-order valence-electron chi connectivity index (χ1n) is 6.04. The molecule has 0 amide bonds. The summed E-state index contributed by atoms with van der Waals surface area (Å²) in [6.45, 7) is 4.37. The zero-order valence-corrected chi connectivity index (χ0v) is 11.5. The van der Waals surface area contributed by atoms with Gasteiger partial charge in [0.05, 0.1) is 6.26 Å². The molecule has 3 nitrogen and oxygen atoms in total. The van der Waals surface area contributed by atoms with Gasteiger partial charge in [0, 0.05) is 5.69 Å².